The highest BCUT2D eigenvalue weighted by atomic mass is 16.6. The number of hydrogen-bond acceptors (Lipinski definition) is 9. The summed E-state index contributed by atoms with van der Waals surface area (Å²) in [5, 5.41) is 13.7. The van der Waals surface area contributed by atoms with Crippen LogP contribution >= 0.6 is 0 Å². The van der Waals surface area contributed by atoms with E-state index in [9.17, 15) is 14.4 Å². The first kappa shape index (κ1) is 27.1. The van der Waals surface area contributed by atoms with Crippen molar-refractivity contribution in [3.63, 3.8) is 0 Å². The van der Waals surface area contributed by atoms with E-state index in [-0.39, 0.29) is 24.7 Å². The first-order valence-electron chi connectivity index (χ1n) is 10.8. The molecule has 13 nitrogen and oxygen atoms in total. The molecule has 0 saturated heterocycles. The van der Waals surface area contributed by atoms with Gasteiger partial charge in [-0.2, -0.15) is 0 Å². The number of amides is 4. The van der Waals surface area contributed by atoms with Gasteiger partial charge >= 0.3 is 18.2 Å². The average molecular weight is 490 g/mol. The number of carbonyl (C=O) groups is 3. The third-order valence-corrected chi connectivity index (χ3v) is 3.61. The smallest absolute Gasteiger partial charge is 0.414 e. The van der Waals surface area contributed by atoms with E-state index in [1.54, 1.807) is 66.1 Å². The van der Waals surface area contributed by atoms with Crippen molar-refractivity contribution in [2.45, 2.75) is 59.2 Å². The van der Waals surface area contributed by atoms with Gasteiger partial charge in [0.2, 0.25) is 5.96 Å². The van der Waals surface area contributed by atoms with Crippen LogP contribution in [0.1, 0.15) is 47.3 Å². The second kappa shape index (κ2) is 11.8. The maximum atomic E-state index is 12.1. The highest BCUT2D eigenvalue weighted by molar-refractivity contribution is 6.01. The van der Waals surface area contributed by atoms with Crippen LogP contribution in [0.4, 0.5) is 25.9 Å². The molecule has 0 bridgehead atoms. The Kier molecular flexibility index (Phi) is 9.14. The summed E-state index contributed by atoms with van der Waals surface area (Å²) in [6.07, 6.45) is 1.77. The van der Waals surface area contributed by atoms with Gasteiger partial charge in [-0.1, -0.05) is 5.16 Å². The second-order valence-corrected chi connectivity index (χ2v) is 9.23. The number of alkyl carbamates (subject to hydrolysis) is 2. The normalized spacial score (nSPS) is 11.1. The molecule has 0 fully saturated rings. The van der Waals surface area contributed by atoms with Crippen molar-refractivity contribution in [1.82, 2.24) is 20.8 Å². The fraction of sp³-hybridized carbons (Fsp3) is 0.455. The van der Waals surface area contributed by atoms with Crippen LogP contribution < -0.4 is 21.3 Å². The fourth-order valence-corrected chi connectivity index (χ4v) is 2.39. The van der Waals surface area contributed by atoms with Crippen LogP contribution in [-0.2, 0) is 15.9 Å². The minimum Gasteiger partial charge on any atom is -0.444 e. The largest absolute Gasteiger partial charge is 0.444 e. The van der Waals surface area contributed by atoms with Gasteiger partial charge < -0.3 is 19.3 Å². The summed E-state index contributed by atoms with van der Waals surface area (Å²) in [6, 6.07) is 4.31. The van der Waals surface area contributed by atoms with Crippen LogP contribution in [0.15, 0.2) is 40.1 Å². The summed E-state index contributed by atoms with van der Waals surface area (Å²) >= 11 is 0. The van der Waals surface area contributed by atoms with Crippen LogP contribution in [0.3, 0.4) is 0 Å². The fourth-order valence-electron chi connectivity index (χ4n) is 2.39. The molecule has 4 amide bonds. The molecule has 0 saturated carbocycles. The third-order valence-electron chi connectivity index (χ3n) is 3.61. The van der Waals surface area contributed by atoms with E-state index >= 15 is 0 Å². The SMILES string of the molecule is CC(C)(C)OC(=O)NC(=NCCc1cc(NC(=O)Nc2ccncc2)no1)NC(=O)OC(C)(C)C. The number of ether oxygens (including phenoxy) is 2. The number of pyridine rings is 1. The number of aliphatic imine (C=N–C) groups is 1. The molecule has 2 aromatic rings. The average Bonchev–Trinajstić information content (AvgIpc) is 3.12. The molecule has 35 heavy (non-hydrogen) atoms. The Morgan fingerprint density at radius 2 is 1.51 bits per heavy atom. The Hall–Kier alpha value is -4.16. The van der Waals surface area contributed by atoms with Gasteiger partial charge in [0.15, 0.2) is 5.82 Å². The van der Waals surface area contributed by atoms with Crippen molar-refractivity contribution in [3.05, 3.63) is 36.4 Å². The molecule has 2 heterocycles. The van der Waals surface area contributed by atoms with Gasteiger partial charge in [-0.15, -0.1) is 0 Å². The molecular formula is C22H31N7O6. The molecule has 13 heteroatoms. The van der Waals surface area contributed by atoms with Crippen LogP contribution in [0.2, 0.25) is 0 Å². The number of carbonyl (C=O) groups excluding carboxylic acids is 3. The van der Waals surface area contributed by atoms with Gasteiger partial charge in [-0.05, 0) is 53.7 Å². The van der Waals surface area contributed by atoms with Crippen LogP contribution in [-0.4, -0.2) is 52.1 Å². The van der Waals surface area contributed by atoms with Gasteiger partial charge in [-0.3, -0.25) is 25.9 Å². The molecule has 0 aliphatic rings. The summed E-state index contributed by atoms with van der Waals surface area (Å²) in [6.45, 7) is 10.3. The quantitative estimate of drug-likeness (QED) is 0.364. The monoisotopic (exact) mass is 489 g/mol. The number of urea groups is 1. The molecule has 4 N–H and O–H groups in total. The van der Waals surface area contributed by atoms with E-state index in [0.29, 0.717) is 11.4 Å². The lowest BCUT2D eigenvalue weighted by molar-refractivity contribution is 0.0545. The Morgan fingerprint density at radius 3 is 2.06 bits per heavy atom. The predicted molar refractivity (Wildman–Crippen MR) is 128 cm³/mol. The lowest BCUT2D eigenvalue weighted by atomic mass is 10.2. The van der Waals surface area contributed by atoms with Crippen molar-refractivity contribution < 1.29 is 28.4 Å². The molecule has 2 rings (SSSR count). The molecule has 0 aliphatic carbocycles. The molecule has 0 aliphatic heterocycles. The van der Waals surface area contributed by atoms with Crippen molar-refractivity contribution >= 4 is 35.7 Å². The topological polar surface area (TPSA) is 169 Å². The van der Waals surface area contributed by atoms with Crippen molar-refractivity contribution in [3.8, 4) is 0 Å². The Morgan fingerprint density at radius 1 is 0.943 bits per heavy atom. The maximum Gasteiger partial charge on any atom is 0.414 e. The molecule has 2 aromatic heterocycles. The minimum absolute atomic E-state index is 0.110. The molecule has 0 atom stereocenters. The zero-order chi connectivity index (χ0) is 26.1. The molecular weight excluding hydrogens is 458 g/mol. The van der Waals surface area contributed by atoms with Crippen molar-refractivity contribution in [2.24, 2.45) is 4.99 Å². The van der Waals surface area contributed by atoms with Crippen molar-refractivity contribution in [1.29, 1.82) is 0 Å². The van der Waals surface area contributed by atoms with Gasteiger partial charge in [0.05, 0.1) is 0 Å². The number of guanidine groups is 1. The minimum atomic E-state index is -0.793. The Balaban J connectivity index is 1.95. The standard InChI is InChI=1S/C22H31N7O6/c1-21(2,3)33-19(31)27-17(28-20(32)34-22(4,5)6)24-12-9-15-13-16(29-35-15)26-18(30)25-14-7-10-23-11-8-14/h7-8,10-11,13H,9,12H2,1-6H3,(H2,23,25,26,29,30)(H2,24,27,28,31,32). The summed E-state index contributed by atoms with van der Waals surface area (Å²) < 4.78 is 15.6. The molecule has 0 spiro atoms. The number of hydrogen-bond donors (Lipinski definition) is 4. The lowest BCUT2D eigenvalue weighted by Gasteiger charge is -2.22. The highest BCUT2D eigenvalue weighted by Gasteiger charge is 2.21. The number of aromatic nitrogens is 2. The van der Waals surface area contributed by atoms with Crippen molar-refractivity contribution in [2.75, 3.05) is 17.2 Å². The zero-order valence-corrected chi connectivity index (χ0v) is 20.6. The van der Waals surface area contributed by atoms with E-state index in [1.165, 1.54) is 6.07 Å². The van der Waals surface area contributed by atoms with Gasteiger partial charge in [-0.25, -0.2) is 14.4 Å². The van der Waals surface area contributed by atoms with Gasteiger partial charge in [0.1, 0.15) is 17.0 Å². The molecule has 0 unspecified atom stereocenters. The predicted octanol–water partition coefficient (Wildman–Crippen LogP) is 3.66. The number of rotatable bonds is 5. The van der Waals surface area contributed by atoms with E-state index < -0.39 is 29.4 Å². The van der Waals surface area contributed by atoms with Gasteiger partial charge in [0, 0.05) is 37.1 Å². The van der Waals surface area contributed by atoms with E-state index in [4.69, 9.17) is 14.0 Å². The Labute approximate surface area is 203 Å². The van der Waals surface area contributed by atoms with Crippen LogP contribution in [0, 0.1) is 0 Å². The first-order chi connectivity index (χ1) is 16.3. The number of nitrogens with zero attached hydrogens (tertiary/aromatic N) is 3. The van der Waals surface area contributed by atoms with Crippen LogP contribution in [0.25, 0.3) is 0 Å². The lowest BCUT2D eigenvalue weighted by Crippen LogP contribution is -2.47. The van der Waals surface area contributed by atoms with E-state index in [1.807, 2.05) is 0 Å². The number of nitrogens with one attached hydrogen (secondary N) is 4. The summed E-state index contributed by atoms with van der Waals surface area (Å²) in [4.78, 5) is 44.3. The zero-order valence-electron chi connectivity index (χ0n) is 20.6. The molecule has 0 aromatic carbocycles. The van der Waals surface area contributed by atoms with E-state index in [0.717, 1.165) is 0 Å². The first-order valence-corrected chi connectivity index (χ1v) is 10.8. The number of anilines is 2. The summed E-state index contributed by atoms with van der Waals surface area (Å²) in [5.41, 5.74) is -0.916. The summed E-state index contributed by atoms with van der Waals surface area (Å²) in [5.74, 6) is 0.472. The second-order valence-electron chi connectivity index (χ2n) is 9.23. The van der Waals surface area contributed by atoms with Gasteiger partial charge in [0.25, 0.3) is 0 Å². The van der Waals surface area contributed by atoms with E-state index in [2.05, 4.69) is 36.4 Å². The highest BCUT2D eigenvalue weighted by Crippen LogP contribution is 2.11. The molecule has 0 radical (unpaired) electrons. The molecule has 190 valence electrons. The Bertz CT molecular complexity index is 1010. The third kappa shape index (κ3) is 11.5. The van der Waals surface area contributed by atoms with Crippen LogP contribution in [0.5, 0.6) is 0 Å². The summed E-state index contributed by atoms with van der Waals surface area (Å²) in [7, 11) is 0. The maximum absolute atomic E-state index is 12.1.